The van der Waals surface area contributed by atoms with Gasteiger partial charge in [-0.05, 0) is 36.6 Å². The molecule has 1 amide bonds. The number of aliphatic hydroxyl groups excluding tert-OH is 1. The highest BCUT2D eigenvalue weighted by atomic mass is 32.1. The van der Waals surface area contributed by atoms with Gasteiger partial charge in [0.25, 0.3) is 0 Å². The minimum absolute atomic E-state index is 0.0226. The Labute approximate surface area is 199 Å². The molecule has 0 spiro atoms. The Bertz CT molecular complexity index is 1110. The maximum Gasteiger partial charge on any atom is 0.348 e. The first-order valence-electron chi connectivity index (χ1n) is 10.8. The molecular weight excluding hydrogens is 434 g/mol. The first-order chi connectivity index (χ1) is 16.0. The lowest BCUT2D eigenvalue weighted by Gasteiger charge is -2.20. The molecule has 0 saturated carbocycles. The topological polar surface area (TPSA) is 66.8 Å². The number of carbonyl (C=O) groups is 2. The lowest BCUT2D eigenvalue weighted by Crippen LogP contribution is -2.32. The molecular formula is C27H27NO4S. The molecule has 170 valence electrons. The van der Waals surface area contributed by atoms with Crippen LogP contribution in [-0.2, 0) is 9.53 Å². The fourth-order valence-corrected chi connectivity index (χ4v) is 4.18. The van der Waals surface area contributed by atoms with E-state index in [-0.39, 0.29) is 23.8 Å². The Morgan fingerprint density at radius 3 is 2.79 bits per heavy atom. The van der Waals surface area contributed by atoms with Gasteiger partial charge in [0.15, 0.2) is 0 Å². The largest absolute Gasteiger partial charge is 0.465 e. The first-order valence-corrected chi connectivity index (χ1v) is 11.7. The number of rotatable bonds is 6. The number of hydrogen-bond donors (Lipinski definition) is 1. The van der Waals surface area contributed by atoms with Gasteiger partial charge in [-0.1, -0.05) is 61.0 Å². The van der Waals surface area contributed by atoms with Crippen LogP contribution in [0.5, 0.6) is 0 Å². The Morgan fingerprint density at radius 2 is 2.03 bits per heavy atom. The molecule has 33 heavy (non-hydrogen) atoms. The monoisotopic (exact) mass is 461 g/mol. The summed E-state index contributed by atoms with van der Waals surface area (Å²) in [6.07, 6.45) is 4.78. The van der Waals surface area contributed by atoms with Gasteiger partial charge in [0.2, 0.25) is 5.91 Å². The van der Waals surface area contributed by atoms with Gasteiger partial charge >= 0.3 is 5.97 Å². The summed E-state index contributed by atoms with van der Waals surface area (Å²) in [6, 6.07) is 13.1. The molecule has 1 aromatic carbocycles. The van der Waals surface area contributed by atoms with Gasteiger partial charge in [-0.3, -0.25) is 4.79 Å². The Morgan fingerprint density at radius 1 is 1.24 bits per heavy atom. The number of hydrogen-bond acceptors (Lipinski definition) is 5. The van der Waals surface area contributed by atoms with Crippen molar-refractivity contribution in [1.29, 1.82) is 0 Å². The van der Waals surface area contributed by atoms with Gasteiger partial charge in [-0.2, -0.15) is 0 Å². The molecule has 3 rings (SSSR count). The average molecular weight is 462 g/mol. The Kier molecular flexibility index (Phi) is 8.89. The van der Waals surface area contributed by atoms with Gasteiger partial charge in [-0.15, -0.1) is 11.3 Å². The van der Waals surface area contributed by atoms with E-state index in [0.29, 0.717) is 30.7 Å². The van der Waals surface area contributed by atoms with Crippen molar-refractivity contribution in [2.45, 2.75) is 38.3 Å². The second kappa shape index (κ2) is 12.1. The zero-order valence-electron chi connectivity index (χ0n) is 18.8. The van der Waals surface area contributed by atoms with E-state index in [2.05, 4.69) is 23.7 Å². The molecule has 5 nitrogen and oxygen atoms in total. The quantitative estimate of drug-likeness (QED) is 0.403. The summed E-state index contributed by atoms with van der Waals surface area (Å²) in [5.41, 5.74) is 0.958. The van der Waals surface area contributed by atoms with Crippen molar-refractivity contribution in [2.24, 2.45) is 5.92 Å². The number of ether oxygens (including phenoxy) is 1. The first kappa shape index (κ1) is 24.3. The molecule has 0 aliphatic carbocycles. The van der Waals surface area contributed by atoms with Crippen molar-refractivity contribution in [1.82, 2.24) is 4.90 Å². The molecule has 1 aliphatic rings. The predicted octanol–water partition coefficient (Wildman–Crippen LogP) is 3.87. The SMILES string of the molecule is COC(=O)c1ccc(C#CCN2C(=O)CC[C@@H]2C=C[C@@H](O)C(C)CC#Cc2ccccc2)s1. The van der Waals surface area contributed by atoms with Crippen LogP contribution in [0, 0.1) is 29.6 Å². The molecule has 1 aliphatic heterocycles. The molecule has 1 saturated heterocycles. The van der Waals surface area contributed by atoms with E-state index < -0.39 is 6.10 Å². The molecule has 2 heterocycles. The van der Waals surface area contributed by atoms with Crippen molar-refractivity contribution in [3.63, 3.8) is 0 Å². The number of carbonyl (C=O) groups excluding carboxylic acids is 2. The highest BCUT2D eigenvalue weighted by Gasteiger charge is 2.28. The third-order valence-electron chi connectivity index (χ3n) is 5.37. The number of esters is 1. The van der Waals surface area contributed by atoms with Gasteiger partial charge in [0, 0.05) is 18.4 Å². The molecule has 0 bridgehead atoms. The van der Waals surface area contributed by atoms with Crippen LogP contribution in [-0.4, -0.2) is 47.7 Å². The molecule has 3 atom stereocenters. The maximum atomic E-state index is 12.3. The van der Waals surface area contributed by atoms with Crippen LogP contribution in [0.2, 0.25) is 0 Å². The van der Waals surface area contributed by atoms with Crippen LogP contribution in [0.1, 0.15) is 46.3 Å². The maximum absolute atomic E-state index is 12.3. The van der Waals surface area contributed by atoms with Crippen LogP contribution in [0.15, 0.2) is 54.6 Å². The zero-order chi connectivity index (χ0) is 23.6. The van der Waals surface area contributed by atoms with Crippen molar-refractivity contribution < 1.29 is 19.4 Å². The molecule has 0 radical (unpaired) electrons. The number of amides is 1. The van der Waals surface area contributed by atoms with Crippen LogP contribution >= 0.6 is 11.3 Å². The van der Waals surface area contributed by atoms with E-state index in [4.69, 9.17) is 4.74 Å². The number of thiophene rings is 1. The third-order valence-corrected chi connectivity index (χ3v) is 6.35. The van der Waals surface area contributed by atoms with Gasteiger partial charge in [0.05, 0.1) is 30.7 Å². The van der Waals surface area contributed by atoms with Crippen LogP contribution in [0.25, 0.3) is 0 Å². The van der Waals surface area contributed by atoms with Crippen molar-refractivity contribution in [2.75, 3.05) is 13.7 Å². The van der Waals surface area contributed by atoms with Crippen molar-refractivity contribution >= 4 is 23.2 Å². The summed E-state index contributed by atoms with van der Waals surface area (Å²) in [5.74, 6) is 11.9. The van der Waals surface area contributed by atoms with Crippen LogP contribution in [0.3, 0.4) is 0 Å². The van der Waals surface area contributed by atoms with Crippen molar-refractivity contribution in [3.8, 4) is 23.7 Å². The van der Waals surface area contributed by atoms with E-state index in [0.717, 1.165) is 10.4 Å². The van der Waals surface area contributed by atoms with Crippen LogP contribution in [0.4, 0.5) is 0 Å². The highest BCUT2D eigenvalue weighted by molar-refractivity contribution is 7.14. The number of nitrogens with zero attached hydrogens (tertiary/aromatic N) is 1. The number of benzene rings is 1. The fourth-order valence-electron chi connectivity index (χ4n) is 3.38. The zero-order valence-corrected chi connectivity index (χ0v) is 19.6. The van der Waals surface area contributed by atoms with E-state index in [1.807, 2.05) is 43.3 Å². The van der Waals surface area contributed by atoms with Gasteiger partial charge < -0.3 is 14.7 Å². The summed E-state index contributed by atoms with van der Waals surface area (Å²) in [5, 5.41) is 10.5. The van der Waals surface area contributed by atoms with E-state index >= 15 is 0 Å². The number of likely N-dealkylation sites (tertiary alicyclic amines) is 1. The van der Waals surface area contributed by atoms with Crippen LogP contribution < -0.4 is 0 Å². The molecule has 2 aromatic rings. The lowest BCUT2D eigenvalue weighted by atomic mass is 9.99. The third kappa shape index (κ3) is 7.08. The van der Waals surface area contributed by atoms with E-state index in [9.17, 15) is 14.7 Å². The standard InChI is InChI=1S/C27H27NO4S/c1-20(8-6-11-21-9-4-3-5-10-21)24(29)16-13-22-14-18-26(30)28(22)19-7-12-23-15-17-25(33-23)27(31)32-2/h3-5,9-10,13,15-17,20,22,24,29H,8,14,18-19H2,1-2H3/t20?,22-,24+/m0/s1. The average Bonchev–Trinajstić information content (AvgIpc) is 3.44. The predicted molar refractivity (Wildman–Crippen MR) is 130 cm³/mol. The molecule has 1 unspecified atom stereocenters. The highest BCUT2D eigenvalue weighted by Crippen LogP contribution is 2.21. The Balaban J connectivity index is 1.54. The normalized spacial score (nSPS) is 17.1. The summed E-state index contributed by atoms with van der Waals surface area (Å²) in [4.78, 5) is 26.8. The lowest BCUT2D eigenvalue weighted by molar-refractivity contribution is -0.127. The molecule has 1 fully saturated rings. The summed E-state index contributed by atoms with van der Waals surface area (Å²) < 4.78 is 4.70. The minimum Gasteiger partial charge on any atom is -0.465 e. The molecule has 1 aromatic heterocycles. The second-order valence-corrected chi connectivity index (χ2v) is 8.89. The smallest absolute Gasteiger partial charge is 0.348 e. The van der Waals surface area contributed by atoms with Gasteiger partial charge in [0.1, 0.15) is 4.88 Å². The van der Waals surface area contributed by atoms with E-state index in [1.54, 1.807) is 23.1 Å². The van der Waals surface area contributed by atoms with Crippen molar-refractivity contribution in [3.05, 3.63) is 69.9 Å². The fraction of sp³-hybridized carbons (Fsp3) is 0.333. The summed E-state index contributed by atoms with van der Waals surface area (Å²) in [7, 11) is 1.34. The second-order valence-electron chi connectivity index (χ2n) is 7.81. The Hall–Kier alpha value is -3.32. The van der Waals surface area contributed by atoms with E-state index in [1.165, 1.54) is 18.4 Å². The van der Waals surface area contributed by atoms with Gasteiger partial charge in [-0.25, -0.2) is 4.79 Å². The number of aliphatic hydroxyl groups is 1. The molecule has 1 N–H and O–H groups in total. The summed E-state index contributed by atoms with van der Waals surface area (Å²) in [6.45, 7) is 2.26. The summed E-state index contributed by atoms with van der Waals surface area (Å²) >= 11 is 1.26. The minimum atomic E-state index is -0.637. The molecule has 6 heteroatoms. The number of methoxy groups -OCH3 is 1.